The molecule has 4 aromatic heterocycles. The summed E-state index contributed by atoms with van der Waals surface area (Å²) in [5.41, 5.74) is 2.84. The monoisotopic (exact) mass is 774 g/mol. The molecule has 7 rings (SSSR count). The molecule has 0 saturated carbocycles. The predicted molar refractivity (Wildman–Crippen MR) is 202 cm³/mol. The summed E-state index contributed by atoms with van der Waals surface area (Å²) in [5, 5.41) is 33.6. The van der Waals surface area contributed by atoms with E-state index in [4.69, 9.17) is 23.0 Å². The molecule has 5 heterocycles. The van der Waals surface area contributed by atoms with Gasteiger partial charge < -0.3 is 47.9 Å². The second-order valence-corrected chi connectivity index (χ2v) is 13.6. The van der Waals surface area contributed by atoms with Crippen LogP contribution in [0.3, 0.4) is 0 Å². The number of carbonyl (C=O) groups is 2. The SMILES string of the molecule is CCn1c(SCC(=O)Nc2ccc(O)c(OC(C)C)c2)nnc1-c1ccoc1.CCn1c(SCC(=O)Nc2cccc3c2OCO3)nnc1-c1ccoc1. The zero-order chi connectivity index (χ0) is 38.0. The number of aromatic hydroxyl groups is 1. The number of rotatable bonds is 14. The van der Waals surface area contributed by atoms with Crippen LogP contribution in [0.25, 0.3) is 22.8 Å². The van der Waals surface area contributed by atoms with E-state index in [0.29, 0.717) is 57.9 Å². The zero-order valence-electron chi connectivity index (χ0n) is 29.8. The van der Waals surface area contributed by atoms with Gasteiger partial charge in [0.1, 0.15) is 12.5 Å². The second kappa shape index (κ2) is 17.8. The fourth-order valence-electron chi connectivity index (χ4n) is 5.18. The van der Waals surface area contributed by atoms with Gasteiger partial charge >= 0.3 is 0 Å². The third-order valence-corrected chi connectivity index (χ3v) is 9.50. The van der Waals surface area contributed by atoms with Gasteiger partial charge in [-0.1, -0.05) is 29.6 Å². The highest BCUT2D eigenvalue weighted by atomic mass is 32.2. The van der Waals surface area contributed by atoms with Gasteiger partial charge in [-0.2, -0.15) is 0 Å². The Labute approximate surface area is 318 Å². The quantitative estimate of drug-likeness (QED) is 0.0773. The van der Waals surface area contributed by atoms with Gasteiger partial charge in [-0.3, -0.25) is 9.59 Å². The largest absolute Gasteiger partial charge is 0.504 e. The molecule has 1 aliphatic rings. The molecule has 0 aliphatic carbocycles. The first-order chi connectivity index (χ1) is 26.2. The summed E-state index contributed by atoms with van der Waals surface area (Å²) in [6, 6.07) is 13.7. The molecule has 3 N–H and O–H groups in total. The summed E-state index contributed by atoms with van der Waals surface area (Å²) in [5.74, 6) is 2.99. The number of anilines is 2. The van der Waals surface area contributed by atoms with Gasteiger partial charge in [0.25, 0.3) is 0 Å². The minimum atomic E-state index is -0.193. The molecule has 18 heteroatoms. The number of thioether (sulfide) groups is 2. The number of carbonyl (C=O) groups excluding carboxylic acids is 2. The Balaban J connectivity index is 0.000000185. The molecule has 0 spiro atoms. The van der Waals surface area contributed by atoms with Crippen molar-refractivity contribution in [3.05, 3.63) is 73.6 Å². The highest BCUT2D eigenvalue weighted by Crippen LogP contribution is 2.39. The fourth-order valence-corrected chi connectivity index (χ4v) is 6.79. The van der Waals surface area contributed by atoms with Crippen molar-refractivity contribution in [3.8, 4) is 45.8 Å². The normalized spacial score (nSPS) is 11.6. The third kappa shape index (κ3) is 9.18. The van der Waals surface area contributed by atoms with Crippen molar-refractivity contribution in [2.24, 2.45) is 0 Å². The molecule has 0 unspecified atom stereocenters. The van der Waals surface area contributed by atoms with E-state index >= 15 is 0 Å². The molecule has 6 aromatic rings. The van der Waals surface area contributed by atoms with Gasteiger partial charge in [-0.15, -0.1) is 20.4 Å². The molecule has 54 heavy (non-hydrogen) atoms. The molecule has 282 valence electrons. The Morgan fingerprint density at radius 3 is 2.00 bits per heavy atom. The van der Waals surface area contributed by atoms with Crippen LogP contribution in [0.4, 0.5) is 11.4 Å². The minimum absolute atomic E-state index is 0.0314. The Hall–Kier alpha value is -5.88. The lowest BCUT2D eigenvalue weighted by Crippen LogP contribution is -2.15. The van der Waals surface area contributed by atoms with Crippen LogP contribution < -0.4 is 24.8 Å². The van der Waals surface area contributed by atoms with E-state index in [2.05, 4.69) is 31.0 Å². The number of phenolic OH excluding ortho intramolecular Hbond substituents is 1. The number of nitrogens with one attached hydrogen (secondary N) is 2. The third-order valence-electron chi connectivity index (χ3n) is 7.57. The highest BCUT2D eigenvalue weighted by Gasteiger charge is 2.20. The van der Waals surface area contributed by atoms with Crippen molar-refractivity contribution < 1.29 is 37.7 Å². The maximum Gasteiger partial charge on any atom is 0.234 e. The van der Waals surface area contributed by atoms with E-state index in [9.17, 15) is 14.7 Å². The van der Waals surface area contributed by atoms with Crippen LogP contribution >= 0.6 is 23.5 Å². The molecule has 0 atom stereocenters. The first-order valence-corrected chi connectivity index (χ1v) is 18.9. The number of furan rings is 2. The Morgan fingerprint density at radius 1 is 0.833 bits per heavy atom. The number of nitrogens with zero attached hydrogens (tertiary/aromatic N) is 6. The molecule has 2 aromatic carbocycles. The van der Waals surface area contributed by atoms with E-state index in [1.165, 1.54) is 29.6 Å². The summed E-state index contributed by atoms with van der Waals surface area (Å²) in [7, 11) is 0. The lowest BCUT2D eigenvalue weighted by atomic mass is 10.2. The number of para-hydroxylation sites is 1. The van der Waals surface area contributed by atoms with Crippen molar-refractivity contribution in [2.45, 2.75) is 57.2 Å². The Kier molecular flexibility index (Phi) is 12.5. The van der Waals surface area contributed by atoms with Crippen molar-refractivity contribution in [1.29, 1.82) is 0 Å². The number of amides is 2. The fraction of sp³-hybridized carbons (Fsp3) is 0.278. The van der Waals surface area contributed by atoms with Crippen molar-refractivity contribution >= 4 is 46.7 Å². The number of phenols is 1. The molecule has 0 bridgehead atoms. The number of benzene rings is 2. The first-order valence-electron chi connectivity index (χ1n) is 16.9. The van der Waals surface area contributed by atoms with E-state index in [0.717, 1.165) is 17.0 Å². The summed E-state index contributed by atoms with van der Waals surface area (Å²) in [4.78, 5) is 24.7. The molecule has 0 saturated heterocycles. The lowest BCUT2D eigenvalue weighted by molar-refractivity contribution is -0.114. The van der Waals surface area contributed by atoms with Crippen LogP contribution in [0, 0.1) is 0 Å². The lowest BCUT2D eigenvalue weighted by Gasteiger charge is -2.13. The van der Waals surface area contributed by atoms with E-state index in [1.807, 2.05) is 49.0 Å². The Morgan fingerprint density at radius 2 is 1.44 bits per heavy atom. The summed E-state index contributed by atoms with van der Waals surface area (Å²) in [6.07, 6.45) is 6.32. The average molecular weight is 775 g/mol. The predicted octanol–water partition coefficient (Wildman–Crippen LogP) is 6.80. The van der Waals surface area contributed by atoms with E-state index in [-0.39, 0.29) is 42.0 Å². The smallest absolute Gasteiger partial charge is 0.234 e. The van der Waals surface area contributed by atoms with Gasteiger partial charge in [0, 0.05) is 24.8 Å². The van der Waals surface area contributed by atoms with E-state index in [1.54, 1.807) is 55.4 Å². The van der Waals surface area contributed by atoms with Gasteiger partial charge in [-0.05, 0) is 64.1 Å². The standard InChI is InChI=1S/C19H22N4O4S.C17H16N4O4S/c1-4-23-18(13-7-8-26-10-13)21-22-19(23)28-11-17(25)20-14-5-6-15(24)16(9-14)27-12(2)3;1-2-21-16(11-6-7-23-8-11)19-20-17(21)26-9-14(22)18-12-4-3-5-13-15(12)25-10-24-13/h5-10,12,24H,4,11H2,1-3H3,(H,20,25);3-8H,2,9-10H2,1H3,(H,18,22). The van der Waals surface area contributed by atoms with Crippen LogP contribution in [0.15, 0.2) is 92.7 Å². The molecule has 16 nitrogen and oxygen atoms in total. The summed E-state index contributed by atoms with van der Waals surface area (Å²) >= 11 is 2.63. The van der Waals surface area contributed by atoms with Crippen molar-refractivity contribution in [3.63, 3.8) is 0 Å². The number of hydrogen-bond acceptors (Lipinski definition) is 14. The highest BCUT2D eigenvalue weighted by molar-refractivity contribution is 8.00. The van der Waals surface area contributed by atoms with E-state index < -0.39 is 0 Å². The molecule has 1 aliphatic heterocycles. The molecule has 2 amide bonds. The molecule has 0 radical (unpaired) electrons. The van der Waals surface area contributed by atoms with Crippen LogP contribution in [0.5, 0.6) is 23.0 Å². The van der Waals surface area contributed by atoms with Gasteiger partial charge in [0.05, 0.1) is 47.0 Å². The minimum Gasteiger partial charge on any atom is -0.504 e. The van der Waals surface area contributed by atoms with Gasteiger partial charge in [0.15, 0.2) is 45.0 Å². The summed E-state index contributed by atoms with van der Waals surface area (Å²) in [6.45, 7) is 9.24. The number of ether oxygens (including phenoxy) is 3. The number of fused-ring (bicyclic) bond motifs is 1. The van der Waals surface area contributed by atoms with Crippen molar-refractivity contribution in [1.82, 2.24) is 29.5 Å². The number of aromatic nitrogens is 6. The maximum absolute atomic E-state index is 12.3. The molecular formula is C36H38N8O8S2. The van der Waals surface area contributed by atoms with Crippen LogP contribution in [0.2, 0.25) is 0 Å². The van der Waals surface area contributed by atoms with Crippen molar-refractivity contribution in [2.75, 3.05) is 28.9 Å². The average Bonchev–Trinajstić information content (AvgIpc) is 4.01. The Bertz CT molecular complexity index is 2170. The summed E-state index contributed by atoms with van der Waals surface area (Å²) < 4.78 is 30.3. The molecular weight excluding hydrogens is 737 g/mol. The van der Waals surface area contributed by atoms with Crippen LogP contribution in [-0.4, -0.2) is 70.9 Å². The number of hydrogen-bond donors (Lipinski definition) is 3. The van der Waals surface area contributed by atoms with Gasteiger partial charge in [-0.25, -0.2) is 0 Å². The first kappa shape index (κ1) is 37.9. The second-order valence-electron chi connectivity index (χ2n) is 11.7. The molecule has 0 fully saturated rings. The van der Waals surface area contributed by atoms with Crippen LogP contribution in [0.1, 0.15) is 27.7 Å². The maximum atomic E-state index is 12.3. The van der Waals surface area contributed by atoms with Gasteiger partial charge in [0.2, 0.25) is 18.6 Å². The van der Waals surface area contributed by atoms with Crippen LogP contribution in [-0.2, 0) is 22.7 Å². The zero-order valence-corrected chi connectivity index (χ0v) is 31.5. The topological polar surface area (TPSA) is 194 Å².